The van der Waals surface area contributed by atoms with E-state index in [0.717, 1.165) is 0 Å². The van der Waals surface area contributed by atoms with Crippen molar-refractivity contribution in [1.82, 2.24) is 9.21 Å². The first kappa shape index (κ1) is 20.2. The van der Waals surface area contributed by atoms with Crippen molar-refractivity contribution in [2.45, 2.75) is 4.90 Å². The number of hydrogen-bond acceptors (Lipinski definition) is 3. The average Bonchev–Trinajstić information content (AvgIpc) is 2.65. The van der Waals surface area contributed by atoms with Crippen molar-refractivity contribution < 1.29 is 13.2 Å². The number of nitrogens with one attached hydrogen (secondary N) is 1. The van der Waals surface area contributed by atoms with E-state index < -0.39 is 10.0 Å². The molecule has 27 heavy (non-hydrogen) atoms. The molecule has 0 radical (unpaired) electrons. The van der Waals surface area contributed by atoms with Gasteiger partial charge in [-0.2, -0.15) is 4.31 Å². The van der Waals surface area contributed by atoms with Gasteiger partial charge < -0.3 is 10.2 Å². The van der Waals surface area contributed by atoms with E-state index in [4.69, 9.17) is 34.8 Å². The first-order valence-electron chi connectivity index (χ1n) is 8.04. The highest BCUT2D eigenvalue weighted by Gasteiger charge is 2.30. The lowest BCUT2D eigenvalue weighted by atomic mass is 10.3. The molecule has 0 unspecified atom stereocenters. The van der Waals surface area contributed by atoms with Gasteiger partial charge in [-0.1, -0.05) is 34.8 Å². The minimum Gasteiger partial charge on any atom is -0.322 e. The molecular formula is C17H16Cl3N3O3S. The Bertz CT molecular complexity index is 944. The SMILES string of the molecule is O=C(Nc1ccc(Cl)c(Cl)c1)N1CCN(S(=O)(=O)c2ccc(Cl)cc2)CC1. The third-order valence-corrected chi connectivity index (χ3v) is 7.05. The van der Waals surface area contributed by atoms with Gasteiger partial charge in [0.1, 0.15) is 0 Å². The lowest BCUT2D eigenvalue weighted by Crippen LogP contribution is -2.51. The number of nitrogens with zero attached hydrogens (tertiary/aromatic N) is 2. The molecule has 2 aromatic rings. The molecule has 1 fully saturated rings. The van der Waals surface area contributed by atoms with Gasteiger partial charge in [0.2, 0.25) is 10.0 Å². The summed E-state index contributed by atoms with van der Waals surface area (Å²) in [5, 5.41) is 3.94. The molecule has 2 aromatic carbocycles. The van der Waals surface area contributed by atoms with Gasteiger partial charge in [-0.05, 0) is 42.5 Å². The van der Waals surface area contributed by atoms with Gasteiger partial charge in [0, 0.05) is 36.9 Å². The Kier molecular flexibility index (Phi) is 6.18. The summed E-state index contributed by atoms with van der Waals surface area (Å²) in [4.78, 5) is 14.1. The number of sulfonamides is 1. The van der Waals surface area contributed by atoms with Crippen LogP contribution in [0.1, 0.15) is 0 Å². The molecule has 1 saturated heterocycles. The van der Waals surface area contributed by atoms with E-state index in [1.165, 1.54) is 28.6 Å². The van der Waals surface area contributed by atoms with Gasteiger partial charge in [-0.15, -0.1) is 0 Å². The van der Waals surface area contributed by atoms with Gasteiger partial charge in [-0.25, -0.2) is 13.2 Å². The Morgan fingerprint density at radius 1 is 0.889 bits per heavy atom. The monoisotopic (exact) mass is 447 g/mol. The summed E-state index contributed by atoms with van der Waals surface area (Å²) in [5.41, 5.74) is 0.519. The fourth-order valence-corrected chi connectivity index (χ4v) is 4.51. The van der Waals surface area contributed by atoms with E-state index in [1.807, 2.05) is 0 Å². The first-order valence-corrected chi connectivity index (χ1v) is 10.6. The van der Waals surface area contributed by atoms with Crippen LogP contribution in [0.4, 0.5) is 10.5 Å². The number of anilines is 1. The number of rotatable bonds is 3. The topological polar surface area (TPSA) is 69.7 Å². The van der Waals surface area contributed by atoms with Crippen molar-refractivity contribution in [3.05, 3.63) is 57.5 Å². The van der Waals surface area contributed by atoms with Crippen LogP contribution in [0.2, 0.25) is 15.1 Å². The Morgan fingerprint density at radius 3 is 2.11 bits per heavy atom. The Balaban J connectivity index is 1.61. The first-order chi connectivity index (χ1) is 12.8. The summed E-state index contributed by atoms with van der Waals surface area (Å²) in [6.07, 6.45) is 0. The minimum atomic E-state index is -3.61. The van der Waals surface area contributed by atoms with Crippen LogP contribution in [0.5, 0.6) is 0 Å². The van der Waals surface area contributed by atoms with Gasteiger partial charge in [0.25, 0.3) is 0 Å². The molecule has 1 N–H and O–H groups in total. The van der Waals surface area contributed by atoms with E-state index >= 15 is 0 Å². The molecule has 3 rings (SSSR count). The molecule has 1 aliphatic heterocycles. The quantitative estimate of drug-likeness (QED) is 0.765. The van der Waals surface area contributed by atoms with Crippen molar-refractivity contribution in [3.63, 3.8) is 0 Å². The van der Waals surface area contributed by atoms with E-state index in [0.29, 0.717) is 20.8 Å². The van der Waals surface area contributed by atoms with Crippen LogP contribution in [0.25, 0.3) is 0 Å². The summed E-state index contributed by atoms with van der Waals surface area (Å²) in [6.45, 7) is 0.972. The smallest absolute Gasteiger partial charge is 0.321 e. The molecule has 6 nitrogen and oxygen atoms in total. The minimum absolute atomic E-state index is 0.181. The van der Waals surface area contributed by atoms with Gasteiger partial charge >= 0.3 is 6.03 Å². The van der Waals surface area contributed by atoms with Gasteiger partial charge in [0.05, 0.1) is 14.9 Å². The lowest BCUT2D eigenvalue weighted by Gasteiger charge is -2.34. The van der Waals surface area contributed by atoms with E-state index in [1.54, 1.807) is 23.1 Å². The molecule has 0 bridgehead atoms. The maximum atomic E-state index is 12.7. The van der Waals surface area contributed by atoms with Crippen LogP contribution >= 0.6 is 34.8 Å². The molecule has 144 valence electrons. The van der Waals surface area contributed by atoms with E-state index in [9.17, 15) is 13.2 Å². The third-order valence-electron chi connectivity index (χ3n) is 4.15. The zero-order valence-electron chi connectivity index (χ0n) is 14.0. The van der Waals surface area contributed by atoms with Crippen LogP contribution in [0, 0.1) is 0 Å². The van der Waals surface area contributed by atoms with Crippen LogP contribution in [0.3, 0.4) is 0 Å². The number of piperazine rings is 1. The second-order valence-electron chi connectivity index (χ2n) is 5.90. The largest absolute Gasteiger partial charge is 0.322 e. The van der Waals surface area contributed by atoms with Crippen molar-refractivity contribution >= 4 is 56.5 Å². The van der Waals surface area contributed by atoms with Crippen molar-refractivity contribution in [1.29, 1.82) is 0 Å². The number of amides is 2. The number of carbonyl (C=O) groups is 1. The van der Waals surface area contributed by atoms with Crippen molar-refractivity contribution in [2.24, 2.45) is 0 Å². The second kappa shape index (κ2) is 8.24. The van der Waals surface area contributed by atoms with E-state index in [2.05, 4.69) is 5.32 Å². The molecule has 2 amide bonds. The summed E-state index contributed by atoms with van der Waals surface area (Å²) in [6, 6.07) is 10.5. The zero-order valence-corrected chi connectivity index (χ0v) is 17.1. The Labute approximate surface area is 172 Å². The van der Waals surface area contributed by atoms with E-state index in [-0.39, 0.29) is 37.1 Å². The summed E-state index contributed by atoms with van der Waals surface area (Å²) in [5.74, 6) is 0. The lowest BCUT2D eigenvalue weighted by molar-refractivity contribution is 0.184. The maximum Gasteiger partial charge on any atom is 0.321 e. The third kappa shape index (κ3) is 4.67. The molecular weight excluding hydrogens is 433 g/mol. The van der Waals surface area contributed by atoms with Gasteiger partial charge in [-0.3, -0.25) is 0 Å². The standard InChI is InChI=1S/C17H16Cl3N3O3S/c18-12-1-4-14(5-2-12)27(25,26)23-9-7-22(8-10-23)17(24)21-13-3-6-15(19)16(20)11-13/h1-6,11H,7-10H2,(H,21,24). The molecule has 0 aromatic heterocycles. The molecule has 0 spiro atoms. The Hall–Kier alpha value is -1.51. The molecule has 1 heterocycles. The summed E-state index contributed by atoms with van der Waals surface area (Å²) < 4.78 is 26.7. The highest BCUT2D eigenvalue weighted by Crippen LogP contribution is 2.25. The number of hydrogen-bond donors (Lipinski definition) is 1. The predicted octanol–water partition coefficient (Wildman–Crippen LogP) is 4.19. The number of carbonyl (C=O) groups excluding carboxylic acids is 1. The summed E-state index contributed by atoms with van der Waals surface area (Å²) >= 11 is 17.6. The summed E-state index contributed by atoms with van der Waals surface area (Å²) in [7, 11) is -3.61. The average molecular weight is 449 g/mol. The van der Waals surface area contributed by atoms with Crippen LogP contribution < -0.4 is 5.32 Å². The fraction of sp³-hybridized carbons (Fsp3) is 0.235. The normalized spacial score (nSPS) is 15.6. The Morgan fingerprint density at radius 2 is 1.52 bits per heavy atom. The van der Waals surface area contributed by atoms with Gasteiger partial charge in [0.15, 0.2) is 0 Å². The highest BCUT2D eigenvalue weighted by molar-refractivity contribution is 7.89. The highest BCUT2D eigenvalue weighted by atomic mass is 35.5. The predicted molar refractivity (Wildman–Crippen MR) is 107 cm³/mol. The van der Waals surface area contributed by atoms with Crippen LogP contribution in [-0.4, -0.2) is 49.8 Å². The maximum absolute atomic E-state index is 12.7. The molecule has 0 saturated carbocycles. The molecule has 1 aliphatic rings. The number of halogens is 3. The zero-order chi connectivity index (χ0) is 19.6. The van der Waals surface area contributed by atoms with Crippen molar-refractivity contribution in [2.75, 3.05) is 31.5 Å². The molecule has 0 aliphatic carbocycles. The number of urea groups is 1. The van der Waals surface area contributed by atoms with Crippen molar-refractivity contribution in [3.8, 4) is 0 Å². The van der Waals surface area contributed by atoms with Crippen LogP contribution in [-0.2, 0) is 10.0 Å². The van der Waals surface area contributed by atoms with Crippen LogP contribution in [0.15, 0.2) is 47.4 Å². The molecule has 0 atom stereocenters. The second-order valence-corrected chi connectivity index (χ2v) is 9.09. The number of benzene rings is 2. The molecule has 10 heteroatoms. The fourth-order valence-electron chi connectivity index (χ4n) is 2.66.